The number of thioether (sulfide) groups is 1. The van der Waals surface area contributed by atoms with E-state index in [4.69, 9.17) is 0 Å². The third-order valence-electron chi connectivity index (χ3n) is 4.84. The molecule has 2 aliphatic rings. The molecule has 1 saturated heterocycles. The first-order chi connectivity index (χ1) is 11.6. The van der Waals surface area contributed by atoms with Gasteiger partial charge in [0.1, 0.15) is 5.82 Å². The van der Waals surface area contributed by atoms with E-state index in [1.807, 2.05) is 13.0 Å². The number of aliphatic imine (C=N–C) groups is 1. The van der Waals surface area contributed by atoms with Gasteiger partial charge in [0.2, 0.25) is 0 Å². The predicted molar refractivity (Wildman–Crippen MR) is 98.2 cm³/mol. The highest BCUT2D eigenvalue weighted by Crippen LogP contribution is 2.47. The lowest BCUT2D eigenvalue weighted by molar-refractivity contribution is 0.0778. The summed E-state index contributed by atoms with van der Waals surface area (Å²) >= 11 is 1.78. The molecule has 1 atom stereocenters. The van der Waals surface area contributed by atoms with Gasteiger partial charge in [-0.05, 0) is 49.6 Å². The van der Waals surface area contributed by atoms with Gasteiger partial charge >= 0.3 is 0 Å². The summed E-state index contributed by atoms with van der Waals surface area (Å²) in [6.07, 6.45) is 2.92. The molecular formula is C18H26FN3OS. The molecule has 1 unspecified atom stereocenters. The zero-order valence-corrected chi connectivity index (χ0v) is 15.0. The van der Waals surface area contributed by atoms with Crippen molar-refractivity contribution in [3.63, 3.8) is 0 Å². The van der Waals surface area contributed by atoms with Gasteiger partial charge in [0.15, 0.2) is 5.96 Å². The molecule has 0 radical (unpaired) electrons. The lowest BCUT2D eigenvalue weighted by atomic mass is 9.96. The molecule has 1 aromatic carbocycles. The smallest absolute Gasteiger partial charge is 0.191 e. The molecule has 0 aromatic heterocycles. The van der Waals surface area contributed by atoms with E-state index < -0.39 is 5.60 Å². The van der Waals surface area contributed by atoms with Gasteiger partial charge in [-0.1, -0.05) is 12.1 Å². The van der Waals surface area contributed by atoms with Crippen molar-refractivity contribution in [2.75, 3.05) is 31.1 Å². The van der Waals surface area contributed by atoms with Crippen LogP contribution in [-0.2, 0) is 5.41 Å². The largest absolute Gasteiger partial charge is 0.387 e. The SMILES string of the molecule is CCNC(=NCC1(O)CCSC1)NCC1(c2cccc(F)c2)CC1. The van der Waals surface area contributed by atoms with Crippen molar-refractivity contribution < 1.29 is 9.50 Å². The molecule has 1 heterocycles. The van der Waals surface area contributed by atoms with Gasteiger partial charge in [-0.2, -0.15) is 11.8 Å². The number of halogens is 1. The summed E-state index contributed by atoms with van der Waals surface area (Å²) in [7, 11) is 0. The van der Waals surface area contributed by atoms with E-state index in [-0.39, 0.29) is 11.2 Å². The predicted octanol–water partition coefficient (Wildman–Crippen LogP) is 2.28. The van der Waals surface area contributed by atoms with Crippen molar-refractivity contribution in [3.05, 3.63) is 35.6 Å². The number of hydrogen-bond acceptors (Lipinski definition) is 3. The second-order valence-corrected chi connectivity index (χ2v) is 7.97. The van der Waals surface area contributed by atoms with Crippen LogP contribution < -0.4 is 10.6 Å². The molecule has 24 heavy (non-hydrogen) atoms. The lowest BCUT2D eigenvalue weighted by Crippen LogP contribution is -2.43. The molecule has 1 aromatic rings. The van der Waals surface area contributed by atoms with Crippen LogP contribution in [-0.4, -0.2) is 47.8 Å². The Kier molecular flexibility index (Phi) is 5.35. The standard InChI is InChI=1S/C18H26FN3OS/c1-2-20-16(22-12-18(23)8-9-24-13-18)21-11-17(6-7-17)14-4-3-5-15(19)10-14/h3-5,10,23H,2,6-9,11-13H2,1H3,(H2,20,21,22). The second kappa shape index (κ2) is 7.31. The van der Waals surface area contributed by atoms with Crippen LogP contribution in [0.3, 0.4) is 0 Å². The number of hydrogen-bond donors (Lipinski definition) is 3. The van der Waals surface area contributed by atoms with Crippen LogP contribution in [0, 0.1) is 5.82 Å². The monoisotopic (exact) mass is 351 g/mol. The van der Waals surface area contributed by atoms with Crippen molar-refractivity contribution >= 4 is 17.7 Å². The summed E-state index contributed by atoms with van der Waals surface area (Å²) in [5.74, 6) is 2.30. The van der Waals surface area contributed by atoms with Gasteiger partial charge in [-0.25, -0.2) is 4.39 Å². The molecule has 1 aliphatic heterocycles. The first-order valence-corrected chi connectivity index (χ1v) is 9.79. The average molecular weight is 351 g/mol. The summed E-state index contributed by atoms with van der Waals surface area (Å²) in [5.41, 5.74) is 0.391. The molecule has 1 aliphatic carbocycles. The van der Waals surface area contributed by atoms with Crippen LogP contribution in [0.15, 0.2) is 29.3 Å². The highest BCUT2D eigenvalue weighted by Gasteiger charge is 2.44. The summed E-state index contributed by atoms with van der Waals surface area (Å²) < 4.78 is 13.5. The molecule has 3 N–H and O–H groups in total. The van der Waals surface area contributed by atoms with Crippen molar-refractivity contribution in [3.8, 4) is 0 Å². The number of nitrogens with one attached hydrogen (secondary N) is 2. The molecule has 0 amide bonds. The second-order valence-electron chi connectivity index (χ2n) is 6.87. The zero-order chi connectivity index (χ0) is 17.0. The topological polar surface area (TPSA) is 56.7 Å². The van der Waals surface area contributed by atoms with Crippen LogP contribution in [0.25, 0.3) is 0 Å². The Bertz CT molecular complexity index is 598. The zero-order valence-electron chi connectivity index (χ0n) is 14.1. The Hall–Kier alpha value is -1.27. The van der Waals surface area contributed by atoms with Gasteiger partial charge in [-0.15, -0.1) is 0 Å². The Morgan fingerprint density at radius 3 is 2.79 bits per heavy atom. The van der Waals surface area contributed by atoms with Gasteiger partial charge < -0.3 is 15.7 Å². The molecule has 132 valence electrons. The molecule has 1 saturated carbocycles. The third-order valence-corrected chi connectivity index (χ3v) is 6.08. The summed E-state index contributed by atoms with van der Waals surface area (Å²) in [4.78, 5) is 4.57. The Morgan fingerprint density at radius 1 is 1.33 bits per heavy atom. The summed E-state index contributed by atoms with van der Waals surface area (Å²) in [6, 6.07) is 6.90. The maximum absolute atomic E-state index is 13.5. The number of guanidine groups is 1. The summed E-state index contributed by atoms with van der Waals surface area (Å²) in [5, 5.41) is 17.0. The molecule has 2 fully saturated rings. The first-order valence-electron chi connectivity index (χ1n) is 8.64. The van der Waals surface area contributed by atoms with Crippen molar-refractivity contribution in [1.29, 1.82) is 0 Å². The molecule has 0 bridgehead atoms. The number of rotatable bonds is 6. The van der Waals surface area contributed by atoms with Gasteiger partial charge in [0.25, 0.3) is 0 Å². The van der Waals surface area contributed by atoms with E-state index in [1.165, 1.54) is 6.07 Å². The van der Waals surface area contributed by atoms with E-state index in [0.29, 0.717) is 6.54 Å². The van der Waals surface area contributed by atoms with Crippen molar-refractivity contribution in [2.24, 2.45) is 4.99 Å². The fourth-order valence-corrected chi connectivity index (χ4v) is 4.36. The van der Waals surface area contributed by atoms with Gasteiger partial charge in [-0.3, -0.25) is 4.99 Å². The molecule has 4 nitrogen and oxygen atoms in total. The highest BCUT2D eigenvalue weighted by molar-refractivity contribution is 7.99. The van der Waals surface area contributed by atoms with Crippen LogP contribution >= 0.6 is 11.8 Å². The maximum Gasteiger partial charge on any atom is 0.191 e. The lowest BCUT2D eigenvalue weighted by Gasteiger charge is -2.22. The average Bonchev–Trinajstić information content (AvgIpc) is 3.25. The van der Waals surface area contributed by atoms with Crippen LogP contribution in [0.1, 0.15) is 31.7 Å². The number of nitrogens with zero attached hydrogens (tertiary/aromatic N) is 1. The Morgan fingerprint density at radius 2 is 2.17 bits per heavy atom. The minimum Gasteiger partial charge on any atom is -0.387 e. The maximum atomic E-state index is 13.5. The van der Waals surface area contributed by atoms with E-state index >= 15 is 0 Å². The van der Waals surface area contributed by atoms with E-state index in [0.717, 1.165) is 55.4 Å². The number of aliphatic hydroxyl groups is 1. The normalized spacial score (nSPS) is 25.5. The first kappa shape index (κ1) is 17.5. The van der Waals surface area contributed by atoms with Crippen molar-refractivity contribution in [1.82, 2.24) is 10.6 Å². The molecule has 0 spiro atoms. The van der Waals surface area contributed by atoms with E-state index in [9.17, 15) is 9.50 Å². The molecule has 3 rings (SSSR count). The van der Waals surface area contributed by atoms with E-state index in [1.54, 1.807) is 23.9 Å². The minimum atomic E-state index is -0.674. The van der Waals surface area contributed by atoms with E-state index in [2.05, 4.69) is 15.6 Å². The number of benzene rings is 1. The van der Waals surface area contributed by atoms with Gasteiger partial charge in [0.05, 0.1) is 12.1 Å². The molecule has 6 heteroatoms. The van der Waals surface area contributed by atoms with Crippen LogP contribution in [0.2, 0.25) is 0 Å². The quantitative estimate of drug-likeness (QED) is 0.544. The van der Waals surface area contributed by atoms with Crippen LogP contribution in [0.5, 0.6) is 0 Å². The third kappa shape index (κ3) is 4.22. The summed E-state index contributed by atoms with van der Waals surface area (Å²) in [6.45, 7) is 3.94. The van der Waals surface area contributed by atoms with Crippen molar-refractivity contribution in [2.45, 2.75) is 37.2 Å². The molecular weight excluding hydrogens is 325 g/mol. The highest BCUT2D eigenvalue weighted by atomic mass is 32.2. The fraction of sp³-hybridized carbons (Fsp3) is 0.611. The van der Waals surface area contributed by atoms with Gasteiger partial charge in [0, 0.05) is 24.3 Å². The Balaban J connectivity index is 1.61. The van der Waals surface area contributed by atoms with Crippen LogP contribution in [0.4, 0.5) is 4.39 Å². The minimum absolute atomic E-state index is 0.0123. The Labute approximate surface area is 147 Å². The fourth-order valence-electron chi connectivity index (χ4n) is 3.08.